The molecule has 6 rings (SSSR count). The fourth-order valence-corrected chi connectivity index (χ4v) is 6.15. The molecule has 0 saturated heterocycles. The summed E-state index contributed by atoms with van der Waals surface area (Å²) in [5.41, 5.74) is 2.30. The molecule has 7 unspecified atom stereocenters. The lowest BCUT2D eigenvalue weighted by Gasteiger charge is -2.14. The molecule has 0 N–H and O–H groups in total. The van der Waals surface area contributed by atoms with E-state index in [9.17, 15) is 0 Å². The van der Waals surface area contributed by atoms with Crippen LogP contribution in [0.1, 0.15) is 72.1 Å². The first kappa shape index (κ1) is 16.7. The van der Waals surface area contributed by atoms with Crippen LogP contribution in [0.25, 0.3) is 0 Å². The number of allylic oxidation sites excluding steroid dienone is 6. The number of fused-ring (bicyclic) bond motifs is 6. The van der Waals surface area contributed by atoms with Gasteiger partial charge in [0.1, 0.15) is 0 Å². The molecule has 0 nitrogen and oxygen atoms in total. The molecule has 6 bridgehead atoms. The van der Waals surface area contributed by atoms with E-state index in [2.05, 4.69) is 51.2 Å². The summed E-state index contributed by atoms with van der Waals surface area (Å²) in [4.78, 5) is 0. The molecule has 132 valence electrons. The van der Waals surface area contributed by atoms with Crippen LogP contribution >= 0.6 is 0 Å². The molecule has 0 radical (unpaired) electrons. The average Bonchev–Trinajstić information content (AvgIpc) is 3.36. The zero-order valence-corrected chi connectivity index (χ0v) is 16.0. The molecule has 24 heavy (non-hydrogen) atoms. The van der Waals surface area contributed by atoms with Crippen molar-refractivity contribution in [1.82, 2.24) is 0 Å². The van der Waals surface area contributed by atoms with E-state index in [0.29, 0.717) is 5.41 Å². The Hall–Kier alpha value is -0.780. The van der Waals surface area contributed by atoms with Crippen molar-refractivity contribution in [3.8, 4) is 0 Å². The third kappa shape index (κ3) is 3.44. The first-order chi connectivity index (χ1) is 11.5. The third-order valence-electron chi connectivity index (χ3n) is 7.81. The van der Waals surface area contributed by atoms with Gasteiger partial charge in [0.15, 0.2) is 0 Å². The van der Waals surface area contributed by atoms with Gasteiger partial charge in [-0.3, -0.25) is 0 Å². The molecule has 0 aromatic heterocycles. The average molecular weight is 325 g/mol. The first-order valence-corrected chi connectivity index (χ1v) is 10.6. The van der Waals surface area contributed by atoms with Gasteiger partial charge in [0.05, 0.1) is 0 Å². The Morgan fingerprint density at radius 1 is 0.917 bits per heavy atom. The van der Waals surface area contributed by atoms with E-state index in [1.165, 1.54) is 51.4 Å². The van der Waals surface area contributed by atoms with E-state index < -0.39 is 0 Å². The summed E-state index contributed by atoms with van der Waals surface area (Å²) in [5, 5.41) is 0. The van der Waals surface area contributed by atoms with Crippen LogP contribution in [0.4, 0.5) is 0 Å². The summed E-state index contributed by atoms with van der Waals surface area (Å²) in [6.45, 7) is 7.02. The Morgan fingerprint density at radius 2 is 1.79 bits per heavy atom. The number of hydrogen-bond donors (Lipinski definition) is 0. The highest BCUT2D eigenvalue weighted by Gasteiger charge is 2.36. The fraction of sp³-hybridized carbons (Fsp3) is 0.750. The predicted octanol–water partition coefficient (Wildman–Crippen LogP) is 6.94. The molecule has 0 aromatic rings. The lowest BCUT2D eigenvalue weighted by atomic mass is 9.91. The van der Waals surface area contributed by atoms with E-state index in [-0.39, 0.29) is 0 Å². The normalized spacial score (nSPS) is 48.2. The monoisotopic (exact) mass is 324 g/mol. The van der Waals surface area contributed by atoms with Gasteiger partial charge in [-0.2, -0.15) is 0 Å². The van der Waals surface area contributed by atoms with Crippen LogP contribution in [0, 0.1) is 40.9 Å². The van der Waals surface area contributed by atoms with E-state index in [1.54, 1.807) is 5.57 Å². The zero-order chi connectivity index (χ0) is 16.7. The highest BCUT2D eigenvalue weighted by atomic mass is 14.4. The standard InChI is InChI=1S/3C8H12/c1-8-4-2-7(6-8)3-5-8;2*1-6-4-7-2-3-8(6)5-7/h2,4,7H,3,5-6H2,1H3;4,7-8H,2-3,5H2,1H3;2-3,6-8H,4-5H2,1H3. The van der Waals surface area contributed by atoms with E-state index in [4.69, 9.17) is 0 Å². The minimum Gasteiger partial charge on any atom is -0.0851 e. The summed E-state index contributed by atoms with van der Waals surface area (Å²) in [6.07, 6.45) is 23.7. The SMILES string of the molecule is CC12C=CC(CC1)C2.CC1=CC2CCC1C2.CC1CC2C=CC1C2. The zero-order valence-electron chi connectivity index (χ0n) is 16.0. The van der Waals surface area contributed by atoms with Gasteiger partial charge in [-0.05, 0) is 99.2 Å². The maximum absolute atomic E-state index is 2.47. The van der Waals surface area contributed by atoms with Gasteiger partial charge in [0.2, 0.25) is 0 Å². The van der Waals surface area contributed by atoms with Crippen LogP contribution in [0.15, 0.2) is 36.0 Å². The van der Waals surface area contributed by atoms with Crippen molar-refractivity contribution >= 4 is 0 Å². The van der Waals surface area contributed by atoms with E-state index in [1.807, 2.05) is 0 Å². The van der Waals surface area contributed by atoms with Crippen LogP contribution in [0.3, 0.4) is 0 Å². The molecule has 0 spiro atoms. The van der Waals surface area contributed by atoms with Gasteiger partial charge in [-0.15, -0.1) is 0 Å². The third-order valence-corrected chi connectivity index (χ3v) is 7.81. The van der Waals surface area contributed by atoms with Crippen molar-refractivity contribution in [1.29, 1.82) is 0 Å². The molecule has 0 amide bonds. The van der Waals surface area contributed by atoms with Crippen molar-refractivity contribution in [3.63, 3.8) is 0 Å². The second-order valence-corrected chi connectivity index (χ2v) is 9.95. The molecule has 0 aliphatic heterocycles. The van der Waals surface area contributed by atoms with Crippen molar-refractivity contribution < 1.29 is 0 Å². The summed E-state index contributed by atoms with van der Waals surface area (Å²) >= 11 is 0. The Kier molecular flexibility index (Phi) is 4.52. The van der Waals surface area contributed by atoms with Crippen LogP contribution in [0.2, 0.25) is 0 Å². The van der Waals surface area contributed by atoms with Gasteiger partial charge in [-0.25, -0.2) is 0 Å². The van der Waals surface area contributed by atoms with Crippen molar-refractivity contribution in [2.45, 2.75) is 72.1 Å². The minimum atomic E-state index is 0.630. The van der Waals surface area contributed by atoms with Crippen molar-refractivity contribution in [2.75, 3.05) is 0 Å². The molecule has 3 saturated carbocycles. The highest BCUT2D eigenvalue weighted by molar-refractivity contribution is 5.17. The summed E-state index contributed by atoms with van der Waals surface area (Å²) < 4.78 is 0. The van der Waals surface area contributed by atoms with Crippen LogP contribution in [-0.2, 0) is 0 Å². The Morgan fingerprint density at radius 3 is 2.00 bits per heavy atom. The maximum Gasteiger partial charge on any atom is -0.0141 e. The van der Waals surface area contributed by atoms with Crippen molar-refractivity contribution in [2.24, 2.45) is 40.9 Å². The number of hydrogen-bond acceptors (Lipinski definition) is 0. The van der Waals surface area contributed by atoms with Gasteiger partial charge >= 0.3 is 0 Å². The molecular formula is C24H36. The van der Waals surface area contributed by atoms with Crippen LogP contribution in [-0.4, -0.2) is 0 Å². The predicted molar refractivity (Wildman–Crippen MR) is 104 cm³/mol. The molecule has 6 aliphatic carbocycles. The lowest BCUT2D eigenvalue weighted by molar-refractivity contribution is 0.455. The van der Waals surface area contributed by atoms with Crippen molar-refractivity contribution in [3.05, 3.63) is 36.0 Å². The van der Waals surface area contributed by atoms with E-state index in [0.717, 1.165) is 35.5 Å². The topological polar surface area (TPSA) is 0 Å². The molecule has 0 heterocycles. The van der Waals surface area contributed by atoms with Crippen LogP contribution < -0.4 is 0 Å². The largest absolute Gasteiger partial charge is 0.0851 e. The summed E-state index contributed by atoms with van der Waals surface area (Å²) in [6, 6.07) is 0. The van der Waals surface area contributed by atoms with E-state index >= 15 is 0 Å². The first-order valence-electron chi connectivity index (χ1n) is 10.6. The van der Waals surface area contributed by atoms with Gasteiger partial charge in [-0.1, -0.05) is 49.8 Å². The second-order valence-electron chi connectivity index (χ2n) is 9.95. The fourth-order valence-electron chi connectivity index (χ4n) is 6.15. The highest BCUT2D eigenvalue weighted by Crippen LogP contribution is 2.48. The Labute approximate surface area is 149 Å². The number of rotatable bonds is 0. The maximum atomic E-state index is 2.47. The molecular weight excluding hydrogens is 288 g/mol. The van der Waals surface area contributed by atoms with Gasteiger partial charge < -0.3 is 0 Å². The molecule has 3 fully saturated rings. The molecule has 0 aromatic carbocycles. The molecule has 0 heteroatoms. The smallest absolute Gasteiger partial charge is 0.0141 e. The Balaban J connectivity index is 0.0000000911. The second kappa shape index (κ2) is 6.50. The Bertz CT molecular complexity index is 550. The molecule has 6 aliphatic rings. The van der Waals surface area contributed by atoms with Crippen LogP contribution in [0.5, 0.6) is 0 Å². The quantitative estimate of drug-likeness (QED) is 0.423. The lowest BCUT2D eigenvalue weighted by Crippen LogP contribution is -2.02. The summed E-state index contributed by atoms with van der Waals surface area (Å²) in [7, 11) is 0. The van der Waals surface area contributed by atoms with Gasteiger partial charge in [0, 0.05) is 0 Å². The molecule has 7 atom stereocenters. The summed E-state index contributed by atoms with van der Waals surface area (Å²) in [5.74, 6) is 5.86. The minimum absolute atomic E-state index is 0.630. The van der Waals surface area contributed by atoms with Gasteiger partial charge in [0.25, 0.3) is 0 Å².